The third-order valence-electron chi connectivity index (χ3n) is 3.60. The summed E-state index contributed by atoms with van der Waals surface area (Å²) in [5.74, 6) is 2.05. The van der Waals surface area contributed by atoms with Crippen molar-refractivity contribution in [3.63, 3.8) is 0 Å². The predicted molar refractivity (Wildman–Crippen MR) is 120 cm³/mol. The molecule has 0 heterocycles. The van der Waals surface area contributed by atoms with Gasteiger partial charge in [-0.3, -0.25) is 9.79 Å². The van der Waals surface area contributed by atoms with E-state index in [2.05, 4.69) is 31.6 Å². The number of para-hydroxylation sites is 1. The molecule has 0 saturated carbocycles. The molecule has 2 rings (SSSR count). The number of hydrogen-bond acceptors (Lipinski definition) is 3. The molecule has 0 unspecified atom stereocenters. The third-order valence-corrected chi connectivity index (χ3v) is 3.60. The number of guanidine groups is 1. The van der Waals surface area contributed by atoms with Crippen molar-refractivity contribution >= 4 is 41.5 Å². The second kappa shape index (κ2) is 11.9. The zero-order valence-electron chi connectivity index (χ0n) is 15.9. The van der Waals surface area contributed by atoms with Gasteiger partial charge in [-0.15, -0.1) is 43.6 Å². The van der Waals surface area contributed by atoms with Crippen LogP contribution in [-0.2, 0) is 11.3 Å². The molecule has 0 atom stereocenters. The number of hydrogen-bond donors (Lipinski definition) is 3. The van der Waals surface area contributed by atoms with Crippen LogP contribution in [0.2, 0.25) is 0 Å². The lowest BCUT2D eigenvalue weighted by atomic mass is 10.2. The average molecular weight is 532 g/mol. The minimum atomic E-state index is -4.79. The Balaban J connectivity index is 0.00000450. The Bertz CT molecular complexity index is 927. The molecule has 0 fully saturated rings. The maximum absolute atomic E-state index is 12.5. The number of alkyl halides is 3. The quantitative estimate of drug-likeness (QED) is 0.231. The molecule has 3 N–H and O–H groups in total. The number of terminal acetylenes is 1. The molecule has 2 aromatic carbocycles. The molecule has 10 heteroatoms. The molecule has 0 radical (unpaired) electrons. The number of rotatable bonds is 6. The Kier molecular flexibility index (Phi) is 9.97. The van der Waals surface area contributed by atoms with Crippen molar-refractivity contribution in [1.82, 2.24) is 10.6 Å². The third kappa shape index (κ3) is 8.60. The highest BCUT2D eigenvalue weighted by atomic mass is 127. The van der Waals surface area contributed by atoms with Crippen molar-refractivity contribution in [1.29, 1.82) is 0 Å². The van der Waals surface area contributed by atoms with Crippen LogP contribution in [-0.4, -0.2) is 31.8 Å². The summed E-state index contributed by atoms with van der Waals surface area (Å²) in [5.41, 5.74) is 1.46. The van der Waals surface area contributed by atoms with Crippen molar-refractivity contribution in [3.8, 4) is 18.1 Å². The monoisotopic (exact) mass is 532 g/mol. The second-order valence-electron chi connectivity index (χ2n) is 5.71. The number of carbonyl (C=O) groups excluding carboxylic acids is 1. The summed E-state index contributed by atoms with van der Waals surface area (Å²) in [6.45, 7) is -0.0988. The molecule has 30 heavy (non-hydrogen) atoms. The van der Waals surface area contributed by atoms with Crippen LogP contribution < -0.4 is 20.7 Å². The first-order chi connectivity index (χ1) is 13.8. The van der Waals surface area contributed by atoms with E-state index in [1.54, 1.807) is 30.3 Å². The zero-order valence-corrected chi connectivity index (χ0v) is 18.2. The summed E-state index contributed by atoms with van der Waals surface area (Å²) in [4.78, 5) is 16.0. The maximum Gasteiger partial charge on any atom is 0.573 e. The fourth-order valence-electron chi connectivity index (χ4n) is 2.33. The highest BCUT2D eigenvalue weighted by Crippen LogP contribution is 2.26. The van der Waals surface area contributed by atoms with E-state index in [9.17, 15) is 18.0 Å². The van der Waals surface area contributed by atoms with Crippen LogP contribution in [0.1, 0.15) is 11.1 Å². The molecule has 0 aliphatic heterocycles. The maximum atomic E-state index is 12.5. The van der Waals surface area contributed by atoms with Crippen molar-refractivity contribution < 1.29 is 22.7 Å². The Hall–Kier alpha value is -2.94. The smallest absolute Gasteiger partial charge is 0.405 e. The van der Waals surface area contributed by atoms with Crippen LogP contribution in [0.3, 0.4) is 0 Å². The molecule has 0 bridgehead atoms. The van der Waals surface area contributed by atoms with Gasteiger partial charge in [-0.2, -0.15) is 0 Å². The average Bonchev–Trinajstić information content (AvgIpc) is 2.68. The van der Waals surface area contributed by atoms with Gasteiger partial charge in [-0.05, 0) is 24.3 Å². The minimum Gasteiger partial charge on any atom is -0.405 e. The van der Waals surface area contributed by atoms with Crippen LogP contribution in [0.5, 0.6) is 5.75 Å². The fourth-order valence-corrected chi connectivity index (χ4v) is 2.33. The van der Waals surface area contributed by atoms with Gasteiger partial charge in [-0.25, -0.2) is 0 Å². The summed E-state index contributed by atoms with van der Waals surface area (Å²) >= 11 is 0. The van der Waals surface area contributed by atoms with Gasteiger partial charge in [0.2, 0.25) is 5.91 Å². The van der Waals surface area contributed by atoms with Crippen molar-refractivity contribution in [2.45, 2.75) is 12.9 Å². The summed E-state index contributed by atoms with van der Waals surface area (Å²) < 4.78 is 41.5. The summed E-state index contributed by atoms with van der Waals surface area (Å²) in [5, 5.41) is 8.29. The number of benzene rings is 2. The SMILES string of the molecule is C#Cc1cccc(NC(=O)CNC(=NC)NCc2ccccc2OC(F)(F)F)c1.I. The second-order valence-corrected chi connectivity index (χ2v) is 5.71. The molecule has 0 aliphatic carbocycles. The molecular formula is C20H20F3IN4O2. The lowest BCUT2D eigenvalue weighted by Crippen LogP contribution is -2.41. The normalized spacial score (nSPS) is 11.0. The number of halogens is 4. The molecule has 0 aliphatic rings. The van der Waals surface area contributed by atoms with Gasteiger partial charge in [0, 0.05) is 30.4 Å². The molecule has 0 spiro atoms. The number of ether oxygens (including phenoxy) is 1. The fraction of sp³-hybridized carbons (Fsp3) is 0.200. The molecule has 0 aromatic heterocycles. The van der Waals surface area contributed by atoms with Gasteiger partial charge in [0.15, 0.2) is 5.96 Å². The van der Waals surface area contributed by atoms with Crippen LogP contribution >= 0.6 is 24.0 Å². The zero-order chi connectivity index (χ0) is 21.3. The first kappa shape index (κ1) is 25.1. The highest BCUT2D eigenvalue weighted by Gasteiger charge is 2.31. The van der Waals surface area contributed by atoms with E-state index in [0.717, 1.165) is 0 Å². The number of anilines is 1. The van der Waals surface area contributed by atoms with E-state index in [4.69, 9.17) is 6.42 Å². The van der Waals surface area contributed by atoms with Crippen LogP contribution in [0.25, 0.3) is 0 Å². The lowest BCUT2D eigenvalue weighted by Gasteiger charge is -2.15. The summed E-state index contributed by atoms with van der Waals surface area (Å²) in [6.07, 6.45) is 0.534. The van der Waals surface area contributed by atoms with E-state index >= 15 is 0 Å². The van der Waals surface area contributed by atoms with Gasteiger partial charge in [0.1, 0.15) is 5.75 Å². The largest absolute Gasteiger partial charge is 0.573 e. The van der Waals surface area contributed by atoms with E-state index in [1.165, 1.54) is 25.2 Å². The Morgan fingerprint density at radius 3 is 2.57 bits per heavy atom. The number of nitrogens with one attached hydrogen (secondary N) is 3. The molecule has 2 aromatic rings. The van der Waals surface area contributed by atoms with Crippen molar-refractivity contribution in [2.24, 2.45) is 4.99 Å². The standard InChI is InChI=1S/C20H19F3N4O2.HI/c1-3-14-7-6-9-16(11-14)27-18(28)13-26-19(24-2)25-12-15-8-4-5-10-17(15)29-20(21,22)23;/h1,4-11H,12-13H2,2H3,(H,27,28)(H2,24,25,26);1H. The molecule has 0 saturated heterocycles. The van der Waals surface area contributed by atoms with Crippen molar-refractivity contribution in [2.75, 3.05) is 18.9 Å². The minimum absolute atomic E-state index is 0. The molecule has 160 valence electrons. The number of amides is 1. The van der Waals surface area contributed by atoms with Crippen LogP contribution in [0, 0.1) is 12.3 Å². The highest BCUT2D eigenvalue weighted by molar-refractivity contribution is 14.0. The van der Waals surface area contributed by atoms with Gasteiger partial charge in [0.25, 0.3) is 0 Å². The van der Waals surface area contributed by atoms with Crippen LogP contribution in [0.4, 0.5) is 18.9 Å². The summed E-state index contributed by atoms with van der Waals surface area (Å²) in [7, 11) is 1.47. The lowest BCUT2D eigenvalue weighted by molar-refractivity contribution is -0.274. The molecule has 1 amide bonds. The Labute approximate surface area is 189 Å². The van der Waals surface area contributed by atoms with Gasteiger partial charge < -0.3 is 20.7 Å². The predicted octanol–water partition coefficient (Wildman–Crippen LogP) is 3.49. The molecular weight excluding hydrogens is 512 g/mol. The first-order valence-electron chi connectivity index (χ1n) is 8.45. The van der Waals surface area contributed by atoms with Crippen LogP contribution in [0.15, 0.2) is 53.5 Å². The van der Waals surface area contributed by atoms with Crippen molar-refractivity contribution in [3.05, 3.63) is 59.7 Å². The van der Waals surface area contributed by atoms with E-state index < -0.39 is 6.36 Å². The number of carbonyl (C=O) groups is 1. The van der Waals surface area contributed by atoms with E-state index in [1.807, 2.05) is 0 Å². The van der Waals surface area contributed by atoms with Gasteiger partial charge >= 0.3 is 6.36 Å². The van der Waals surface area contributed by atoms with Gasteiger partial charge in [-0.1, -0.05) is 30.2 Å². The Morgan fingerprint density at radius 2 is 1.90 bits per heavy atom. The van der Waals surface area contributed by atoms with Gasteiger partial charge in [0.05, 0.1) is 6.54 Å². The number of aliphatic imine (C=N–C) groups is 1. The first-order valence-corrected chi connectivity index (χ1v) is 8.45. The topological polar surface area (TPSA) is 74.8 Å². The Morgan fingerprint density at radius 1 is 1.17 bits per heavy atom. The van der Waals surface area contributed by atoms with E-state index in [0.29, 0.717) is 11.3 Å². The molecule has 6 nitrogen and oxygen atoms in total. The summed E-state index contributed by atoms with van der Waals surface area (Å²) in [6, 6.07) is 12.6. The van der Waals surface area contributed by atoms with E-state index in [-0.39, 0.29) is 60.2 Å². The number of nitrogens with zero attached hydrogens (tertiary/aromatic N) is 1.